The van der Waals surface area contributed by atoms with E-state index in [1.54, 1.807) is 0 Å². The quantitative estimate of drug-likeness (QED) is 0.662. The summed E-state index contributed by atoms with van der Waals surface area (Å²) >= 11 is 0. The lowest BCUT2D eigenvalue weighted by atomic mass is 10.1. The van der Waals surface area contributed by atoms with Crippen molar-refractivity contribution in [1.82, 2.24) is 14.8 Å². The third-order valence-corrected chi connectivity index (χ3v) is 3.69. The van der Waals surface area contributed by atoms with E-state index in [2.05, 4.69) is 58.1 Å². The van der Waals surface area contributed by atoms with Crippen LogP contribution in [0.2, 0.25) is 0 Å². The molecular weight excluding hydrogens is 270 g/mol. The normalized spacial score (nSPS) is 11.2. The van der Waals surface area contributed by atoms with Crippen molar-refractivity contribution in [1.29, 1.82) is 0 Å². The van der Waals surface area contributed by atoms with Crippen molar-refractivity contribution in [3.05, 3.63) is 72.3 Å². The van der Waals surface area contributed by atoms with Crippen LogP contribution in [0, 0.1) is 6.92 Å². The van der Waals surface area contributed by atoms with Crippen molar-refractivity contribution < 1.29 is 0 Å². The lowest BCUT2D eigenvalue weighted by Gasteiger charge is -2.10. The molecule has 0 radical (unpaired) electrons. The van der Waals surface area contributed by atoms with E-state index in [1.165, 1.54) is 5.56 Å². The minimum absolute atomic E-state index is 0.761. The average molecular weight is 289 g/mol. The maximum atomic E-state index is 4.46. The highest BCUT2D eigenvalue weighted by molar-refractivity contribution is 5.65. The van der Waals surface area contributed by atoms with Gasteiger partial charge in [-0.3, -0.25) is 0 Å². The molecule has 0 atom stereocenters. The van der Waals surface area contributed by atoms with E-state index in [1.807, 2.05) is 37.3 Å². The fourth-order valence-corrected chi connectivity index (χ4v) is 2.51. The third kappa shape index (κ3) is 2.70. The van der Waals surface area contributed by atoms with Crippen molar-refractivity contribution in [3.63, 3.8) is 0 Å². The second-order valence-corrected chi connectivity index (χ2v) is 5.21. The Bertz CT molecular complexity index is 785. The minimum Gasteiger partial charge on any atom is -0.303 e. The third-order valence-electron chi connectivity index (χ3n) is 3.69. The Morgan fingerprint density at radius 3 is 2.32 bits per heavy atom. The maximum Gasteiger partial charge on any atom is 0.164 e. The van der Waals surface area contributed by atoms with Crippen LogP contribution in [0.1, 0.15) is 12.5 Å². The summed E-state index contributed by atoms with van der Waals surface area (Å²) < 4.78 is 2.16. The molecule has 3 nitrogen and oxygen atoms in total. The molecule has 3 heteroatoms. The molecule has 0 bridgehead atoms. The van der Waals surface area contributed by atoms with Gasteiger partial charge < -0.3 is 4.57 Å². The second-order valence-electron chi connectivity index (χ2n) is 5.21. The number of benzene rings is 2. The lowest BCUT2D eigenvalue weighted by Crippen LogP contribution is -2.02. The summed E-state index contributed by atoms with van der Waals surface area (Å²) in [5.74, 6) is 1.81. The second kappa shape index (κ2) is 6.39. The molecule has 3 rings (SSSR count). The largest absolute Gasteiger partial charge is 0.303 e. The molecule has 0 unspecified atom stereocenters. The summed E-state index contributed by atoms with van der Waals surface area (Å²) in [5, 5.41) is 8.89. The van der Waals surface area contributed by atoms with Gasteiger partial charge in [-0.25, -0.2) is 0 Å². The molecule has 0 fully saturated rings. The SMILES string of the molecule is C/C=C\Cn1c(-c2ccccc2)nnc1-c1ccccc1C. The molecule has 2 aromatic carbocycles. The topological polar surface area (TPSA) is 30.7 Å². The molecule has 0 saturated carbocycles. The van der Waals surface area contributed by atoms with Crippen molar-refractivity contribution in [3.8, 4) is 22.8 Å². The number of aromatic nitrogens is 3. The first-order valence-electron chi connectivity index (χ1n) is 7.47. The maximum absolute atomic E-state index is 4.46. The van der Waals surface area contributed by atoms with Gasteiger partial charge >= 0.3 is 0 Å². The van der Waals surface area contributed by atoms with Gasteiger partial charge in [-0.15, -0.1) is 10.2 Å². The first-order chi connectivity index (χ1) is 10.8. The Morgan fingerprint density at radius 1 is 0.909 bits per heavy atom. The minimum atomic E-state index is 0.761. The van der Waals surface area contributed by atoms with Crippen LogP contribution in [0.25, 0.3) is 22.8 Å². The Kier molecular flexibility index (Phi) is 4.15. The van der Waals surface area contributed by atoms with E-state index >= 15 is 0 Å². The monoisotopic (exact) mass is 289 g/mol. The number of hydrogen-bond acceptors (Lipinski definition) is 2. The van der Waals surface area contributed by atoms with Crippen LogP contribution in [0.5, 0.6) is 0 Å². The van der Waals surface area contributed by atoms with Crippen LogP contribution in [0.4, 0.5) is 0 Å². The van der Waals surface area contributed by atoms with E-state index < -0.39 is 0 Å². The van der Waals surface area contributed by atoms with E-state index in [4.69, 9.17) is 0 Å². The molecule has 1 aromatic heterocycles. The van der Waals surface area contributed by atoms with Crippen LogP contribution in [-0.2, 0) is 6.54 Å². The molecule has 0 aliphatic heterocycles. The predicted molar refractivity (Wildman–Crippen MR) is 90.4 cm³/mol. The Balaban J connectivity index is 2.16. The molecule has 1 heterocycles. The van der Waals surface area contributed by atoms with Gasteiger partial charge in [-0.2, -0.15) is 0 Å². The molecule has 0 spiro atoms. The van der Waals surface area contributed by atoms with Crippen molar-refractivity contribution >= 4 is 0 Å². The predicted octanol–water partition coefficient (Wildman–Crippen LogP) is 4.50. The zero-order valence-corrected chi connectivity index (χ0v) is 12.9. The van der Waals surface area contributed by atoms with Gasteiger partial charge in [0.1, 0.15) is 0 Å². The van der Waals surface area contributed by atoms with Crippen LogP contribution < -0.4 is 0 Å². The Labute approximate surface area is 131 Å². The van der Waals surface area contributed by atoms with E-state index in [0.717, 1.165) is 29.3 Å². The molecule has 110 valence electrons. The molecule has 3 aromatic rings. The molecule has 0 saturated heterocycles. The van der Waals surface area contributed by atoms with Crippen LogP contribution in [0.15, 0.2) is 66.7 Å². The fourth-order valence-electron chi connectivity index (χ4n) is 2.51. The smallest absolute Gasteiger partial charge is 0.164 e. The highest BCUT2D eigenvalue weighted by Gasteiger charge is 2.15. The molecule has 0 aliphatic carbocycles. The average Bonchev–Trinajstić information content (AvgIpc) is 2.97. The van der Waals surface area contributed by atoms with Gasteiger partial charge in [0.2, 0.25) is 0 Å². The summed E-state index contributed by atoms with van der Waals surface area (Å²) in [7, 11) is 0. The molecule has 22 heavy (non-hydrogen) atoms. The van der Waals surface area contributed by atoms with Gasteiger partial charge in [0, 0.05) is 17.7 Å². The van der Waals surface area contributed by atoms with Gasteiger partial charge in [-0.05, 0) is 19.4 Å². The molecule has 0 amide bonds. The summed E-state index contributed by atoms with van der Waals surface area (Å²) in [6.45, 7) is 4.89. The van der Waals surface area contributed by atoms with Gasteiger partial charge in [0.15, 0.2) is 11.6 Å². The highest BCUT2D eigenvalue weighted by atomic mass is 15.3. The van der Waals surface area contributed by atoms with Crippen molar-refractivity contribution in [2.75, 3.05) is 0 Å². The van der Waals surface area contributed by atoms with Crippen LogP contribution in [0.3, 0.4) is 0 Å². The number of rotatable bonds is 4. The van der Waals surface area contributed by atoms with Crippen molar-refractivity contribution in [2.45, 2.75) is 20.4 Å². The Hall–Kier alpha value is -2.68. The number of hydrogen-bond donors (Lipinski definition) is 0. The number of nitrogens with zero attached hydrogens (tertiary/aromatic N) is 3. The van der Waals surface area contributed by atoms with Crippen molar-refractivity contribution in [2.24, 2.45) is 0 Å². The first-order valence-corrected chi connectivity index (χ1v) is 7.47. The summed E-state index contributed by atoms with van der Waals surface area (Å²) in [6.07, 6.45) is 4.17. The number of allylic oxidation sites excluding steroid dienone is 2. The lowest BCUT2D eigenvalue weighted by molar-refractivity contribution is 0.834. The summed E-state index contributed by atoms with van der Waals surface area (Å²) in [4.78, 5) is 0. The number of aryl methyl sites for hydroxylation is 1. The first kappa shape index (κ1) is 14.3. The fraction of sp³-hybridized carbons (Fsp3) is 0.158. The van der Waals surface area contributed by atoms with Crippen LogP contribution >= 0.6 is 0 Å². The van der Waals surface area contributed by atoms with E-state index in [9.17, 15) is 0 Å². The standard InChI is InChI=1S/C19H19N3/c1-3-4-14-22-18(16-11-6-5-7-12-16)20-21-19(22)17-13-9-8-10-15(17)2/h3-13H,14H2,1-2H3/b4-3-. The van der Waals surface area contributed by atoms with Crippen LogP contribution in [-0.4, -0.2) is 14.8 Å². The molecule has 0 aliphatic rings. The zero-order chi connectivity index (χ0) is 15.4. The summed E-state index contributed by atoms with van der Waals surface area (Å²) in [5.41, 5.74) is 3.41. The highest BCUT2D eigenvalue weighted by Crippen LogP contribution is 2.26. The van der Waals surface area contributed by atoms with Gasteiger partial charge in [-0.1, -0.05) is 66.7 Å². The van der Waals surface area contributed by atoms with Gasteiger partial charge in [0.05, 0.1) is 0 Å². The van der Waals surface area contributed by atoms with Gasteiger partial charge in [0.25, 0.3) is 0 Å². The molecule has 0 N–H and O–H groups in total. The molecular formula is C19H19N3. The zero-order valence-electron chi connectivity index (χ0n) is 12.9. The van der Waals surface area contributed by atoms with E-state index in [-0.39, 0.29) is 0 Å². The Morgan fingerprint density at radius 2 is 1.59 bits per heavy atom. The summed E-state index contributed by atoms with van der Waals surface area (Å²) in [6, 6.07) is 18.5. The van der Waals surface area contributed by atoms with E-state index in [0.29, 0.717) is 0 Å².